The van der Waals surface area contributed by atoms with Gasteiger partial charge in [0, 0.05) is 24.9 Å². The predicted octanol–water partition coefficient (Wildman–Crippen LogP) is 1.46. The molecule has 4 nitrogen and oxygen atoms in total. The van der Waals surface area contributed by atoms with E-state index in [9.17, 15) is 4.79 Å². The van der Waals surface area contributed by atoms with Crippen LogP contribution in [0.5, 0.6) is 0 Å². The van der Waals surface area contributed by atoms with Gasteiger partial charge in [-0.2, -0.15) is 11.8 Å². The molecule has 3 rings (SSSR count). The molecule has 3 heterocycles. The van der Waals surface area contributed by atoms with Crippen LogP contribution in [0.2, 0.25) is 0 Å². The van der Waals surface area contributed by atoms with Crippen molar-refractivity contribution in [2.45, 2.75) is 50.6 Å². The first-order chi connectivity index (χ1) is 10.3. The summed E-state index contributed by atoms with van der Waals surface area (Å²) >= 11 is 2.11. The molecule has 21 heavy (non-hydrogen) atoms. The Morgan fingerprint density at radius 2 is 2.19 bits per heavy atom. The molecule has 1 amide bonds. The van der Waals surface area contributed by atoms with Crippen LogP contribution in [0, 0.1) is 5.92 Å². The lowest BCUT2D eigenvalue weighted by Crippen LogP contribution is -2.49. The Labute approximate surface area is 132 Å². The molecule has 3 aliphatic heterocycles. The van der Waals surface area contributed by atoms with E-state index in [-0.39, 0.29) is 11.9 Å². The predicted molar refractivity (Wildman–Crippen MR) is 88.7 cm³/mol. The van der Waals surface area contributed by atoms with Crippen molar-refractivity contribution in [3.8, 4) is 0 Å². The van der Waals surface area contributed by atoms with Crippen LogP contribution in [-0.4, -0.2) is 60.6 Å². The Morgan fingerprint density at radius 3 is 2.95 bits per heavy atom. The van der Waals surface area contributed by atoms with Gasteiger partial charge in [0.05, 0.1) is 6.04 Å². The van der Waals surface area contributed by atoms with Crippen molar-refractivity contribution in [1.29, 1.82) is 0 Å². The lowest BCUT2D eigenvalue weighted by atomic mass is 9.95. The highest BCUT2D eigenvalue weighted by Gasteiger charge is 2.28. The Morgan fingerprint density at radius 1 is 1.24 bits per heavy atom. The van der Waals surface area contributed by atoms with E-state index in [0.717, 1.165) is 32.0 Å². The third kappa shape index (κ3) is 4.36. The number of amides is 1. The van der Waals surface area contributed by atoms with E-state index in [0.29, 0.717) is 5.92 Å². The van der Waals surface area contributed by atoms with E-state index in [4.69, 9.17) is 0 Å². The van der Waals surface area contributed by atoms with Crippen molar-refractivity contribution in [3.63, 3.8) is 0 Å². The average Bonchev–Trinajstić information content (AvgIpc) is 3.08. The van der Waals surface area contributed by atoms with Gasteiger partial charge in [0.1, 0.15) is 0 Å². The fraction of sp³-hybridized carbons (Fsp3) is 0.938. The molecule has 3 atom stereocenters. The molecular weight excluding hydrogens is 282 g/mol. The van der Waals surface area contributed by atoms with E-state index in [1.165, 1.54) is 50.3 Å². The highest BCUT2D eigenvalue weighted by molar-refractivity contribution is 7.99. The van der Waals surface area contributed by atoms with Crippen molar-refractivity contribution in [2.24, 2.45) is 5.92 Å². The number of carbonyl (C=O) groups excluding carboxylic acids is 1. The van der Waals surface area contributed by atoms with Crippen molar-refractivity contribution >= 4 is 17.7 Å². The Kier molecular flexibility index (Phi) is 5.83. The number of nitrogens with zero attached hydrogens (tertiary/aromatic N) is 1. The summed E-state index contributed by atoms with van der Waals surface area (Å²) in [6, 6.07) is 0.859. The van der Waals surface area contributed by atoms with Crippen LogP contribution in [0.3, 0.4) is 0 Å². The normalized spacial score (nSPS) is 34.8. The number of hydrogen-bond acceptors (Lipinski definition) is 4. The zero-order valence-electron chi connectivity index (χ0n) is 13.0. The number of carbonyl (C=O) groups is 1. The van der Waals surface area contributed by atoms with Crippen LogP contribution in [0.1, 0.15) is 38.5 Å². The van der Waals surface area contributed by atoms with Crippen molar-refractivity contribution in [2.75, 3.05) is 37.7 Å². The lowest BCUT2D eigenvalue weighted by Gasteiger charge is -2.39. The Balaban J connectivity index is 1.41. The maximum atomic E-state index is 12.1. The van der Waals surface area contributed by atoms with E-state index in [1.54, 1.807) is 0 Å². The largest absolute Gasteiger partial charge is 0.354 e. The summed E-state index contributed by atoms with van der Waals surface area (Å²) in [5.74, 6) is 3.53. The van der Waals surface area contributed by atoms with E-state index >= 15 is 0 Å². The topological polar surface area (TPSA) is 44.4 Å². The highest BCUT2D eigenvalue weighted by atomic mass is 32.2. The van der Waals surface area contributed by atoms with Crippen molar-refractivity contribution < 1.29 is 4.79 Å². The molecule has 0 aromatic carbocycles. The van der Waals surface area contributed by atoms with Crippen LogP contribution in [0.4, 0.5) is 0 Å². The smallest absolute Gasteiger partial charge is 0.237 e. The Bertz CT molecular complexity index is 340. The molecule has 3 saturated heterocycles. The number of thioether (sulfide) groups is 1. The number of hydrogen-bond donors (Lipinski definition) is 2. The summed E-state index contributed by atoms with van der Waals surface area (Å²) in [5.41, 5.74) is 0. The van der Waals surface area contributed by atoms with E-state index < -0.39 is 0 Å². The molecule has 5 heteroatoms. The van der Waals surface area contributed by atoms with Crippen LogP contribution in [0.15, 0.2) is 0 Å². The van der Waals surface area contributed by atoms with Crippen LogP contribution in [-0.2, 0) is 4.79 Å². The molecule has 3 fully saturated rings. The summed E-state index contributed by atoms with van der Waals surface area (Å²) in [7, 11) is 0. The summed E-state index contributed by atoms with van der Waals surface area (Å²) < 4.78 is 0. The summed E-state index contributed by atoms with van der Waals surface area (Å²) in [4.78, 5) is 14.8. The van der Waals surface area contributed by atoms with Gasteiger partial charge >= 0.3 is 0 Å². The monoisotopic (exact) mass is 311 g/mol. The second-order valence-electron chi connectivity index (χ2n) is 6.77. The SMILES string of the molecule is O=C(NCC1CCCN(C2CCCSC2)C1)C1CCCN1. The molecule has 0 aromatic rings. The van der Waals surface area contributed by atoms with Crippen molar-refractivity contribution in [1.82, 2.24) is 15.5 Å². The van der Waals surface area contributed by atoms with Gasteiger partial charge < -0.3 is 10.6 Å². The molecular formula is C16H29N3OS. The standard InChI is InChI=1S/C16H29N3OS/c20-16(15-6-1-7-17-15)18-10-13-4-2-8-19(11-13)14-5-3-9-21-12-14/h13-15,17H,1-12H2,(H,18,20). The average molecular weight is 311 g/mol. The minimum absolute atomic E-state index is 0.0689. The highest BCUT2D eigenvalue weighted by Crippen LogP contribution is 2.26. The Hall–Kier alpha value is -0.260. The number of likely N-dealkylation sites (tertiary alicyclic amines) is 1. The van der Waals surface area contributed by atoms with Gasteiger partial charge in [-0.05, 0) is 63.3 Å². The van der Waals surface area contributed by atoms with Gasteiger partial charge in [-0.25, -0.2) is 0 Å². The third-order valence-electron chi connectivity index (χ3n) is 5.14. The first-order valence-corrected chi connectivity index (χ1v) is 9.81. The van der Waals surface area contributed by atoms with E-state index in [2.05, 4.69) is 27.3 Å². The van der Waals surface area contributed by atoms with Crippen LogP contribution < -0.4 is 10.6 Å². The zero-order chi connectivity index (χ0) is 14.5. The van der Waals surface area contributed by atoms with Crippen molar-refractivity contribution in [3.05, 3.63) is 0 Å². The minimum Gasteiger partial charge on any atom is -0.354 e. The number of piperidine rings is 1. The summed E-state index contributed by atoms with van der Waals surface area (Å²) in [6.45, 7) is 4.31. The molecule has 0 radical (unpaired) electrons. The molecule has 0 bridgehead atoms. The fourth-order valence-electron chi connectivity index (χ4n) is 3.88. The number of nitrogens with one attached hydrogen (secondary N) is 2. The molecule has 0 spiro atoms. The van der Waals surface area contributed by atoms with Gasteiger partial charge in [-0.15, -0.1) is 0 Å². The maximum absolute atomic E-state index is 12.1. The maximum Gasteiger partial charge on any atom is 0.237 e. The summed E-state index contributed by atoms with van der Waals surface area (Å²) in [5, 5.41) is 6.46. The molecule has 3 aliphatic rings. The second-order valence-corrected chi connectivity index (χ2v) is 7.92. The third-order valence-corrected chi connectivity index (χ3v) is 6.34. The van der Waals surface area contributed by atoms with Gasteiger partial charge in [0.25, 0.3) is 0 Å². The van der Waals surface area contributed by atoms with E-state index in [1.807, 2.05) is 0 Å². The first-order valence-electron chi connectivity index (χ1n) is 8.66. The van der Waals surface area contributed by atoms with Crippen LogP contribution in [0.25, 0.3) is 0 Å². The summed E-state index contributed by atoms with van der Waals surface area (Å²) in [6.07, 6.45) is 7.45. The quantitative estimate of drug-likeness (QED) is 0.825. The lowest BCUT2D eigenvalue weighted by molar-refractivity contribution is -0.123. The number of rotatable bonds is 4. The van der Waals surface area contributed by atoms with Gasteiger partial charge in [0.15, 0.2) is 0 Å². The zero-order valence-corrected chi connectivity index (χ0v) is 13.8. The molecule has 2 N–H and O–H groups in total. The minimum atomic E-state index is 0.0689. The first kappa shape index (κ1) is 15.6. The molecule has 3 unspecified atom stereocenters. The molecule has 0 aliphatic carbocycles. The molecule has 120 valence electrons. The molecule has 0 saturated carbocycles. The van der Waals surface area contributed by atoms with Gasteiger partial charge in [0.2, 0.25) is 5.91 Å². The fourth-order valence-corrected chi connectivity index (χ4v) is 5.07. The second kappa shape index (κ2) is 7.84. The van der Waals surface area contributed by atoms with Crippen LogP contribution >= 0.6 is 11.8 Å². The molecule has 0 aromatic heterocycles. The van der Waals surface area contributed by atoms with Gasteiger partial charge in [-0.1, -0.05) is 0 Å². The van der Waals surface area contributed by atoms with Gasteiger partial charge in [-0.3, -0.25) is 9.69 Å².